The molecule has 3 heterocycles. The zero-order chi connectivity index (χ0) is 46.2. The number of fused-ring (bicyclic) bond motifs is 4. The number of pyridine rings is 1. The summed E-state index contributed by atoms with van der Waals surface area (Å²) in [6.45, 7) is 30.4. The van der Waals surface area contributed by atoms with Crippen molar-refractivity contribution in [2.24, 2.45) is 0 Å². The van der Waals surface area contributed by atoms with E-state index >= 15 is 0 Å². The molecule has 1 aliphatic heterocycles. The standard InChI is InChI=1S/C60H66N4O/c1-38(2)48-21-17-22-49(39(3)4)57(48)40-30-45(63-37-62(44-19-16-18-41(32-44)58(5,6)7)53-27-24-42(33-55(53)63)59(8,9)10)35-47(31-40)65-46-25-26-51-50-20-14-15-23-52(50)64(54(51)36-46)56-34-43(28-29-61-56)60(11,12)13/h14-36,38-39H,37H2,1-13H3. The molecule has 332 valence electrons. The summed E-state index contributed by atoms with van der Waals surface area (Å²) in [5.74, 6) is 3.13. The summed E-state index contributed by atoms with van der Waals surface area (Å²) in [6.07, 6.45) is 1.94. The van der Waals surface area contributed by atoms with E-state index in [1.54, 1.807) is 0 Å². The molecular formula is C60H66N4O. The van der Waals surface area contributed by atoms with Gasteiger partial charge in [0.15, 0.2) is 0 Å². The summed E-state index contributed by atoms with van der Waals surface area (Å²) < 4.78 is 9.46. The molecule has 5 heteroatoms. The predicted molar refractivity (Wildman–Crippen MR) is 277 cm³/mol. The van der Waals surface area contributed by atoms with Gasteiger partial charge in [0, 0.05) is 40.5 Å². The molecular weight excluding hydrogens is 793 g/mol. The second-order valence-corrected chi connectivity index (χ2v) is 21.9. The maximum atomic E-state index is 7.17. The third kappa shape index (κ3) is 8.31. The lowest BCUT2D eigenvalue weighted by molar-refractivity contribution is 0.483. The maximum absolute atomic E-state index is 7.17. The number of nitrogens with zero attached hydrogens (tertiary/aromatic N) is 4. The third-order valence-corrected chi connectivity index (χ3v) is 13.3. The Hall–Kier alpha value is -6.33. The Balaban J connectivity index is 1.24. The molecule has 6 aromatic carbocycles. The molecule has 0 fully saturated rings. The van der Waals surface area contributed by atoms with E-state index in [1.807, 2.05) is 6.20 Å². The molecule has 1 aliphatic rings. The van der Waals surface area contributed by atoms with Gasteiger partial charge >= 0.3 is 0 Å². The zero-order valence-corrected chi connectivity index (χ0v) is 40.8. The molecule has 0 unspecified atom stereocenters. The molecule has 0 radical (unpaired) electrons. The number of para-hydroxylation sites is 1. The predicted octanol–water partition coefficient (Wildman–Crippen LogP) is 17.0. The van der Waals surface area contributed by atoms with E-state index < -0.39 is 0 Å². The number of benzene rings is 6. The van der Waals surface area contributed by atoms with E-state index in [-0.39, 0.29) is 16.2 Å². The Morgan fingerprint density at radius 1 is 0.492 bits per heavy atom. The van der Waals surface area contributed by atoms with Crippen molar-refractivity contribution >= 4 is 44.6 Å². The average Bonchev–Trinajstić information content (AvgIpc) is 3.81. The van der Waals surface area contributed by atoms with Gasteiger partial charge in [0.25, 0.3) is 0 Å². The summed E-state index contributed by atoms with van der Waals surface area (Å²) in [5.41, 5.74) is 15.8. The van der Waals surface area contributed by atoms with Gasteiger partial charge in [-0.2, -0.15) is 0 Å². The summed E-state index contributed by atoms with van der Waals surface area (Å²) in [5, 5.41) is 2.35. The van der Waals surface area contributed by atoms with Crippen LogP contribution in [0.1, 0.15) is 130 Å². The number of rotatable bonds is 8. The monoisotopic (exact) mass is 859 g/mol. The fourth-order valence-electron chi connectivity index (χ4n) is 9.54. The van der Waals surface area contributed by atoms with E-state index in [0.717, 1.165) is 45.0 Å². The molecule has 2 aromatic heterocycles. The van der Waals surface area contributed by atoms with Crippen LogP contribution >= 0.6 is 0 Å². The van der Waals surface area contributed by atoms with Crippen molar-refractivity contribution in [1.82, 2.24) is 9.55 Å². The van der Waals surface area contributed by atoms with Gasteiger partial charge in [-0.25, -0.2) is 4.98 Å². The highest BCUT2D eigenvalue weighted by Gasteiger charge is 2.32. The zero-order valence-electron chi connectivity index (χ0n) is 40.8. The van der Waals surface area contributed by atoms with Gasteiger partial charge < -0.3 is 14.5 Å². The van der Waals surface area contributed by atoms with Gasteiger partial charge in [0.2, 0.25) is 0 Å². The highest BCUT2D eigenvalue weighted by molar-refractivity contribution is 6.09. The normalized spacial score (nSPS) is 13.5. The van der Waals surface area contributed by atoms with Crippen LogP contribution < -0.4 is 14.5 Å². The van der Waals surface area contributed by atoms with Crippen LogP contribution in [0.4, 0.5) is 22.7 Å². The van der Waals surface area contributed by atoms with Crippen molar-refractivity contribution in [2.45, 2.75) is 118 Å². The number of ether oxygens (including phenoxy) is 1. The fraction of sp³-hybridized carbons (Fsp3) is 0.317. The van der Waals surface area contributed by atoms with E-state index in [1.165, 1.54) is 55.8 Å². The van der Waals surface area contributed by atoms with Gasteiger partial charge in [-0.15, -0.1) is 0 Å². The molecule has 0 spiro atoms. The minimum Gasteiger partial charge on any atom is -0.457 e. The van der Waals surface area contributed by atoms with Crippen LogP contribution in [-0.4, -0.2) is 16.2 Å². The van der Waals surface area contributed by atoms with Crippen LogP contribution in [0.15, 0.2) is 140 Å². The first-order valence-electron chi connectivity index (χ1n) is 23.5. The first kappa shape index (κ1) is 43.9. The summed E-state index contributed by atoms with van der Waals surface area (Å²) in [7, 11) is 0. The SMILES string of the molecule is CC(C)c1cccc(C(C)C)c1-c1cc(Oc2ccc3c4ccccc4n(-c4cc(C(C)(C)C)ccn4)c3c2)cc(N2CN(c3cccc(C(C)(C)C)c3)c3ccc(C(C)(C)C)cc32)c1. The van der Waals surface area contributed by atoms with E-state index in [0.29, 0.717) is 18.5 Å². The van der Waals surface area contributed by atoms with Crippen LogP contribution in [0.25, 0.3) is 38.8 Å². The third-order valence-electron chi connectivity index (χ3n) is 13.3. The lowest BCUT2D eigenvalue weighted by atomic mass is 9.85. The molecule has 0 amide bonds. The molecule has 0 bridgehead atoms. The minimum atomic E-state index is -0.0244. The van der Waals surface area contributed by atoms with Gasteiger partial charge in [0.1, 0.15) is 24.0 Å². The number of hydrogen-bond donors (Lipinski definition) is 0. The second kappa shape index (κ2) is 16.3. The second-order valence-electron chi connectivity index (χ2n) is 21.9. The number of hydrogen-bond acceptors (Lipinski definition) is 4. The lowest BCUT2D eigenvalue weighted by Gasteiger charge is -2.26. The fourth-order valence-corrected chi connectivity index (χ4v) is 9.54. The summed E-state index contributed by atoms with van der Waals surface area (Å²) in [6, 6.07) is 49.4. The van der Waals surface area contributed by atoms with Gasteiger partial charge in [-0.05, 0) is 134 Å². The average molecular weight is 859 g/mol. The van der Waals surface area contributed by atoms with Crippen LogP contribution in [0.5, 0.6) is 11.5 Å². The Bertz CT molecular complexity index is 3050. The smallest absolute Gasteiger partial charge is 0.137 e. The number of aromatic nitrogens is 2. The van der Waals surface area contributed by atoms with Crippen molar-refractivity contribution < 1.29 is 4.74 Å². The Kier molecular flexibility index (Phi) is 11.0. The largest absolute Gasteiger partial charge is 0.457 e. The molecule has 5 nitrogen and oxygen atoms in total. The van der Waals surface area contributed by atoms with Crippen LogP contribution in [0.2, 0.25) is 0 Å². The molecule has 65 heavy (non-hydrogen) atoms. The first-order chi connectivity index (χ1) is 30.8. The lowest BCUT2D eigenvalue weighted by Crippen LogP contribution is -2.24. The Labute approximate surface area is 387 Å². The topological polar surface area (TPSA) is 33.5 Å². The molecule has 0 aliphatic carbocycles. The maximum Gasteiger partial charge on any atom is 0.137 e. The van der Waals surface area contributed by atoms with Crippen molar-refractivity contribution in [3.05, 3.63) is 167 Å². The van der Waals surface area contributed by atoms with Crippen molar-refractivity contribution in [3.8, 4) is 28.4 Å². The van der Waals surface area contributed by atoms with Crippen LogP contribution in [-0.2, 0) is 16.2 Å². The van der Waals surface area contributed by atoms with Crippen molar-refractivity contribution in [3.63, 3.8) is 0 Å². The van der Waals surface area contributed by atoms with E-state index in [2.05, 4.69) is 238 Å². The minimum absolute atomic E-state index is 0.0191. The quantitative estimate of drug-likeness (QED) is 0.152. The highest BCUT2D eigenvalue weighted by atomic mass is 16.5. The van der Waals surface area contributed by atoms with E-state index in [9.17, 15) is 0 Å². The Morgan fingerprint density at radius 3 is 1.82 bits per heavy atom. The van der Waals surface area contributed by atoms with Gasteiger partial charge in [-0.3, -0.25) is 4.57 Å². The van der Waals surface area contributed by atoms with Crippen molar-refractivity contribution in [2.75, 3.05) is 16.5 Å². The molecule has 0 saturated carbocycles. The molecule has 0 saturated heterocycles. The first-order valence-corrected chi connectivity index (χ1v) is 23.5. The summed E-state index contributed by atoms with van der Waals surface area (Å²) >= 11 is 0. The molecule has 0 N–H and O–H groups in total. The highest BCUT2D eigenvalue weighted by Crippen LogP contribution is 2.49. The van der Waals surface area contributed by atoms with Crippen LogP contribution in [0, 0.1) is 0 Å². The Morgan fingerprint density at radius 2 is 1.12 bits per heavy atom. The van der Waals surface area contributed by atoms with Crippen molar-refractivity contribution in [1.29, 1.82) is 0 Å². The van der Waals surface area contributed by atoms with Gasteiger partial charge in [-0.1, -0.05) is 145 Å². The molecule has 8 aromatic rings. The van der Waals surface area contributed by atoms with Crippen LogP contribution in [0.3, 0.4) is 0 Å². The molecule has 0 atom stereocenters. The summed E-state index contributed by atoms with van der Waals surface area (Å²) in [4.78, 5) is 9.92. The number of anilines is 4. The van der Waals surface area contributed by atoms with Gasteiger partial charge in [0.05, 0.1) is 22.4 Å². The van der Waals surface area contributed by atoms with E-state index in [4.69, 9.17) is 9.72 Å². The molecule has 9 rings (SSSR count).